The monoisotopic (exact) mass is 380 g/mol. The Morgan fingerprint density at radius 3 is 2.65 bits per heavy atom. The lowest BCUT2D eigenvalue weighted by atomic mass is 10.2. The highest BCUT2D eigenvalue weighted by molar-refractivity contribution is 7.89. The van der Waals surface area contributed by atoms with Crippen LogP contribution in [-0.2, 0) is 14.8 Å². The van der Waals surface area contributed by atoms with E-state index in [2.05, 4.69) is 9.62 Å². The number of para-hydroxylation sites is 1. The van der Waals surface area contributed by atoms with Gasteiger partial charge >= 0.3 is 0 Å². The van der Waals surface area contributed by atoms with E-state index in [1.807, 2.05) is 19.1 Å². The van der Waals surface area contributed by atoms with E-state index in [-0.39, 0.29) is 17.5 Å². The van der Waals surface area contributed by atoms with E-state index in [0.717, 1.165) is 18.8 Å². The number of sulfonamides is 1. The number of ether oxygens (including phenoxy) is 2. The SMILES string of the molecule is CCOc1ccccc1S(=O)(=O)NCC(c1ccco1)N1CCOCC1. The van der Waals surface area contributed by atoms with Gasteiger partial charge in [-0.3, -0.25) is 4.90 Å². The average molecular weight is 380 g/mol. The van der Waals surface area contributed by atoms with Crippen LogP contribution in [0.2, 0.25) is 0 Å². The molecule has 26 heavy (non-hydrogen) atoms. The molecule has 1 saturated heterocycles. The minimum atomic E-state index is -3.71. The number of nitrogens with zero attached hydrogens (tertiary/aromatic N) is 1. The van der Waals surface area contributed by atoms with E-state index < -0.39 is 10.0 Å². The third-order valence-electron chi connectivity index (χ3n) is 4.26. The zero-order valence-corrected chi connectivity index (χ0v) is 15.6. The number of hydrogen-bond acceptors (Lipinski definition) is 6. The van der Waals surface area contributed by atoms with Gasteiger partial charge in [-0.2, -0.15) is 0 Å². The normalized spacial score (nSPS) is 17.1. The first-order chi connectivity index (χ1) is 12.6. The van der Waals surface area contributed by atoms with Gasteiger partial charge in [-0.05, 0) is 31.2 Å². The van der Waals surface area contributed by atoms with Gasteiger partial charge in [0.25, 0.3) is 0 Å². The van der Waals surface area contributed by atoms with Crippen molar-refractivity contribution in [3.05, 3.63) is 48.4 Å². The molecule has 0 bridgehead atoms. The third kappa shape index (κ3) is 4.45. The molecular formula is C18H24N2O5S. The average Bonchev–Trinajstić information content (AvgIpc) is 3.18. The Morgan fingerprint density at radius 2 is 1.96 bits per heavy atom. The number of furan rings is 1. The topological polar surface area (TPSA) is 81.0 Å². The van der Waals surface area contributed by atoms with E-state index in [0.29, 0.717) is 25.6 Å². The van der Waals surface area contributed by atoms with Crippen LogP contribution >= 0.6 is 0 Å². The van der Waals surface area contributed by atoms with Gasteiger partial charge in [0.2, 0.25) is 10.0 Å². The van der Waals surface area contributed by atoms with E-state index in [1.54, 1.807) is 30.5 Å². The van der Waals surface area contributed by atoms with Gasteiger partial charge in [-0.1, -0.05) is 12.1 Å². The summed E-state index contributed by atoms with van der Waals surface area (Å²) in [4.78, 5) is 2.31. The second-order valence-electron chi connectivity index (χ2n) is 5.91. The smallest absolute Gasteiger partial charge is 0.244 e. The maximum Gasteiger partial charge on any atom is 0.244 e. The van der Waals surface area contributed by atoms with Crippen molar-refractivity contribution in [1.82, 2.24) is 9.62 Å². The molecule has 0 amide bonds. The highest BCUT2D eigenvalue weighted by Crippen LogP contribution is 2.25. The van der Waals surface area contributed by atoms with Crippen molar-refractivity contribution >= 4 is 10.0 Å². The first kappa shape index (κ1) is 18.9. The zero-order chi connectivity index (χ0) is 18.4. The van der Waals surface area contributed by atoms with Crippen molar-refractivity contribution in [3.63, 3.8) is 0 Å². The molecule has 7 nitrogen and oxygen atoms in total. The van der Waals surface area contributed by atoms with Crippen LogP contribution in [0.5, 0.6) is 5.75 Å². The lowest BCUT2D eigenvalue weighted by Gasteiger charge is -2.33. The number of benzene rings is 1. The molecule has 1 fully saturated rings. The fourth-order valence-electron chi connectivity index (χ4n) is 2.99. The summed E-state index contributed by atoms with van der Waals surface area (Å²) in [6.45, 7) is 5.12. The molecule has 1 aliphatic rings. The Kier molecular flexibility index (Phi) is 6.31. The van der Waals surface area contributed by atoms with Crippen molar-refractivity contribution in [2.45, 2.75) is 17.9 Å². The van der Waals surface area contributed by atoms with Crippen LogP contribution in [0, 0.1) is 0 Å². The maximum atomic E-state index is 12.8. The van der Waals surface area contributed by atoms with Gasteiger partial charge in [0, 0.05) is 19.6 Å². The van der Waals surface area contributed by atoms with Crippen LogP contribution in [0.15, 0.2) is 52.0 Å². The van der Waals surface area contributed by atoms with E-state index in [1.165, 1.54) is 0 Å². The largest absolute Gasteiger partial charge is 0.492 e. The Hall–Kier alpha value is -1.87. The van der Waals surface area contributed by atoms with Crippen molar-refractivity contribution in [3.8, 4) is 5.75 Å². The summed E-state index contributed by atoms with van der Waals surface area (Å²) in [5.41, 5.74) is 0. The standard InChI is InChI=1S/C18H24N2O5S/c1-2-24-17-6-3-4-8-18(17)26(21,22)19-14-15(16-7-5-11-25-16)20-9-12-23-13-10-20/h3-8,11,15,19H,2,9-10,12-14H2,1H3. The second kappa shape index (κ2) is 8.68. The molecular weight excluding hydrogens is 356 g/mol. The molecule has 1 aromatic carbocycles. The van der Waals surface area contributed by atoms with Gasteiger partial charge in [-0.25, -0.2) is 13.1 Å². The van der Waals surface area contributed by atoms with Crippen LogP contribution in [0.3, 0.4) is 0 Å². The van der Waals surface area contributed by atoms with Crippen LogP contribution in [0.1, 0.15) is 18.7 Å². The molecule has 1 unspecified atom stereocenters. The minimum Gasteiger partial charge on any atom is -0.492 e. The maximum absolute atomic E-state index is 12.8. The van der Waals surface area contributed by atoms with Crippen LogP contribution in [0.25, 0.3) is 0 Å². The highest BCUT2D eigenvalue weighted by atomic mass is 32.2. The van der Waals surface area contributed by atoms with Gasteiger partial charge in [-0.15, -0.1) is 0 Å². The number of nitrogens with one attached hydrogen (secondary N) is 1. The van der Waals surface area contributed by atoms with Crippen LogP contribution in [0.4, 0.5) is 0 Å². The van der Waals surface area contributed by atoms with Crippen molar-refractivity contribution in [2.75, 3.05) is 39.5 Å². The molecule has 0 radical (unpaired) electrons. The van der Waals surface area contributed by atoms with Crippen LogP contribution in [-0.4, -0.2) is 52.8 Å². The molecule has 1 N–H and O–H groups in total. The van der Waals surface area contributed by atoms with Crippen molar-refractivity contribution < 1.29 is 22.3 Å². The Labute approximate surface area is 153 Å². The quantitative estimate of drug-likeness (QED) is 0.755. The fraction of sp³-hybridized carbons (Fsp3) is 0.444. The molecule has 142 valence electrons. The molecule has 1 aromatic heterocycles. The zero-order valence-electron chi connectivity index (χ0n) is 14.8. The molecule has 2 aromatic rings. The number of morpholine rings is 1. The fourth-order valence-corrected chi connectivity index (χ4v) is 4.18. The minimum absolute atomic E-state index is 0.141. The summed E-state index contributed by atoms with van der Waals surface area (Å²) < 4.78 is 44.7. The highest BCUT2D eigenvalue weighted by Gasteiger charge is 2.27. The number of rotatable bonds is 8. The van der Waals surface area contributed by atoms with E-state index in [4.69, 9.17) is 13.9 Å². The summed E-state index contributed by atoms with van der Waals surface area (Å²) in [6, 6.07) is 10.1. The van der Waals surface area contributed by atoms with Crippen LogP contribution < -0.4 is 9.46 Å². The lowest BCUT2D eigenvalue weighted by Crippen LogP contribution is -2.43. The van der Waals surface area contributed by atoms with E-state index >= 15 is 0 Å². The lowest BCUT2D eigenvalue weighted by molar-refractivity contribution is 0.0128. The molecule has 0 saturated carbocycles. The molecule has 3 rings (SSSR count). The first-order valence-corrected chi connectivity index (χ1v) is 10.2. The molecule has 1 atom stereocenters. The Bertz CT molecular complexity index is 786. The Balaban J connectivity index is 1.78. The summed E-state index contributed by atoms with van der Waals surface area (Å²) in [7, 11) is -3.71. The van der Waals surface area contributed by atoms with E-state index in [9.17, 15) is 8.42 Å². The Morgan fingerprint density at radius 1 is 1.19 bits per heavy atom. The summed E-state index contributed by atoms with van der Waals surface area (Å²) in [5, 5.41) is 0. The summed E-state index contributed by atoms with van der Waals surface area (Å²) >= 11 is 0. The molecule has 0 spiro atoms. The molecule has 2 heterocycles. The molecule has 8 heteroatoms. The number of hydrogen-bond donors (Lipinski definition) is 1. The predicted octanol–water partition coefficient (Wildman–Crippen LogP) is 2.03. The second-order valence-corrected chi connectivity index (χ2v) is 7.65. The van der Waals surface area contributed by atoms with Crippen molar-refractivity contribution in [2.24, 2.45) is 0 Å². The van der Waals surface area contributed by atoms with Gasteiger partial charge in [0.15, 0.2) is 0 Å². The molecule has 0 aliphatic carbocycles. The van der Waals surface area contributed by atoms with Crippen molar-refractivity contribution in [1.29, 1.82) is 0 Å². The summed E-state index contributed by atoms with van der Waals surface area (Å²) in [6.07, 6.45) is 1.60. The predicted molar refractivity (Wildman–Crippen MR) is 96.6 cm³/mol. The van der Waals surface area contributed by atoms with Gasteiger partial charge < -0.3 is 13.9 Å². The first-order valence-electron chi connectivity index (χ1n) is 8.68. The van der Waals surface area contributed by atoms with Gasteiger partial charge in [0.05, 0.1) is 32.1 Å². The van der Waals surface area contributed by atoms with Gasteiger partial charge in [0.1, 0.15) is 16.4 Å². The summed E-state index contributed by atoms with van der Waals surface area (Å²) in [5.74, 6) is 1.08. The third-order valence-corrected chi connectivity index (χ3v) is 5.73. The molecule has 1 aliphatic heterocycles.